The highest BCUT2D eigenvalue weighted by Gasteiger charge is 2.10. The monoisotopic (exact) mass is 282 g/mol. The van der Waals surface area contributed by atoms with Crippen LogP contribution in [0.2, 0.25) is 0 Å². The molecule has 1 aromatic heterocycles. The van der Waals surface area contributed by atoms with Crippen molar-refractivity contribution in [2.45, 2.75) is 20.4 Å². The van der Waals surface area contributed by atoms with E-state index in [1.54, 1.807) is 25.1 Å². The molecule has 0 amide bonds. The highest BCUT2D eigenvalue weighted by atomic mass is 16.4. The van der Waals surface area contributed by atoms with Crippen LogP contribution in [-0.4, -0.2) is 21.3 Å². The Labute approximate surface area is 122 Å². The van der Waals surface area contributed by atoms with Crippen LogP contribution < -0.4 is 5.32 Å². The molecule has 0 bridgehead atoms. The third kappa shape index (κ3) is 3.15. The molecule has 0 aliphatic heterocycles. The Kier molecular flexibility index (Phi) is 4.14. The number of benzene rings is 1. The Morgan fingerprint density at radius 1 is 1.38 bits per heavy atom. The van der Waals surface area contributed by atoms with Crippen LogP contribution in [0.1, 0.15) is 32.7 Å². The molecular formula is C15H14N4O2. The maximum Gasteiger partial charge on any atom is 0.335 e. The van der Waals surface area contributed by atoms with E-state index in [0.717, 1.165) is 11.1 Å². The van der Waals surface area contributed by atoms with Gasteiger partial charge >= 0.3 is 5.97 Å². The Morgan fingerprint density at radius 3 is 2.81 bits per heavy atom. The van der Waals surface area contributed by atoms with E-state index in [1.165, 1.54) is 6.07 Å². The summed E-state index contributed by atoms with van der Waals surface area (Å²) >= 11 is 0. The molecule has 0 spiro atoms. The summed E-state index contributed by atoms with van der Waals surface area (Å²) in [5.74, 6) is -0.568. The zero-order valence-electron chi connectivity index (χ0n) is 11.7. The summed E-state index contributed by atoms with van der Waals surface area (Å²) in [6.07, 6.45) is 0. The van der Waals surface area contributed by atoms with Gasteiger partial charge in [-0.15, -0.1) is 5.10 Å². The van der Waals surface area contributed by atoms with Gasteiger partial charge in [0.1, 0.15) is 11.6 Å². The van der Waals surface area contributed by atoms with E-state index in [-0.39, 0.29) is 5.56 Å². The summed E-state index contributed by atoms with van der Waals surface area (Å²) in [6, 6.07) is 8.70. The lowest BCUT2D eigenvalue weighted by Gasteiger charge is -2.10. The molecule has 0 saturated carbocycles. The molecule has 2 rings (SSSR count). The van der Waals surface area contributed by atoms with Crippen LogP contribution in [-0.2, 0) is 6.54 Å². The van der Waals surface area contributed by atoms with Crippen LogP contribution >= 0.6 is 0 Å². The zero-order chi connectivity index (χ0) is 15.4. The molecule has 2 N–H and O–H groups in total. The number of carboxylic acid groups (broad SMARTS) is 1. The molecule has 21 heavy (non-hydrogen) atoms. The van der Waals surface area contributed by atoms with E-state index in [0.29, 0.717) is 23.6 Å². The Bertz CT molecular complexity index is 735. The molecule has 0 unspecified atom stereocenters. The van der Waals surface area contributed by atoms with Gasteiger partial charge in [-0.3, -0.25) is 0 Å². The third-order valence-electron chi connectivity index (χ3n) is 3.20. The first-order valence-electron chi connectivity index (χ1n) is 6.33. The number of anilines is 1. The van der Waals surface area contributed by atoms with Gasteiger partial charge in [-0.1, -0.05) is 12.1 Å². The summed E-state index contributed by atoms with van der Waals surface area (Å²) in [4.78, 5) is 10.9. The molecule has 0 radical (unpaired) electrons. The molecule has 2 aromatic rings. The summed E-state index contributed by atoms with van der Waals surface area (Å²) in [5, 5.41) is 29.2. The topological polar surface area (TPSA) is 98.9 Å². The van der Waals surface area contributed by atoms with Crippen LogP contribution in [0, 0.1) is 25.2 Å². The molecular weight excluding hydrogens is 268 g/mol. The first kappa shape index (κ1) is 14.5. The number of hydrogen-bond donors (Lipinski definition) is 2. The van der Waals surface area contributed by atoms with Gasteiger partial charge in [-0.2, -0.15) is 10.4 Å². The minimum Gasteiger partial charge on any atom is -0.478 e. The number of hydrogen-bond acceptors (Lipinski definition) is 5. The number of aryl methyl sites for hydroxylation is 1. The highest BCUT2D eigenvalue weighted by Crippen LogP contribution is 2.18. The van der Waals surface area contributed by atoms with E-state index in [9.17, 15) is 10.1 Å². The number of aromatic nitrogens is 2. The van der Waals surface area contributed by atoms with Crippen molar-refractivity contribution in [2.75, 3.05) is 5.32 Å². The quantitative estimate of drug-likeness (QED) is 0.892. The fraction of sp³-hybridized carbons (Fsp3) is 0.200. The van der Waals surface area contributed by atoms with Gasteiger partial charge in [0.05, 0.1) is 11.3 Å². The van der Waals surface area contributed by atoms with E-state index in [2.05, 4.69) is 21.6 Å². The summed E-state index contributed by atoms with van der Waals surface area (Å²) in [6.45, 7) is 3.98. The lowest BCUT2D eigenvalue weighted by molar-refractivity contribution is 0.0697. The average molecular weight is 282 g/mol. The minimum absolute atomic E-state index is 0.223. The molecule has 0 aliphatic rings. The van der Waals surface area contributed by atoms with Crippen LogP contribution in [0.25, 0.3) is 0 Å². The molecule has 1 heterocycles. The van der Waals surface area contributed by atoms with Crippen molar-refractivity contribution in [1.29, 1.82) is 5.26 Å². The first-order valence-corrected chi connectivity index (χ1v) is 6.33. The molecule has 0 aliphatic carbocycles. The SMILES string of the molecule is Cc1nnc(NCc2cccc(C(=O)O)c2)c(C#N)c1C. The largest absolute Gasteiger partial charge is 0.478 e. The van der Waals surface area contributed by atoms with Gasteiger partial charge in [0.2, 0.25) is 0 Å². The highest BCUT2D eigenvalue weighted by molar-refractivity contribution is 5.87. The van der Waals surface area contributed by atoms with Gasteiger partial charge in [0, 0.05) is 6.54 Å². The van der Waals surface area contributed by atoms with Gasteiger partial charge < -0.3 is 10.4 Å². The third-order valence-corrected chi connectivity index (χ3v) is 3.20. The fourth-order valence-electron chi connectivity index (χ4n) is 1.87. The Balaban J connectivity index is 2.21. The second-order valence-electron chi connectivity index (χ2n) is 4.60. The van der Waals surface area contributed by atoms with Crippen molar-refractivity contribution in [3.05, 3.63) is 52.2 Å². The lowest BCUT2D eigenvalue weighted by atomic mass is 10.1. The number of carboxylic acids is 1. The number of nitriles is 1. The van der Waals surface area contributed by atoms with Crippen LogP contribution in [0.4, 0.5) is 5.82 Å². The predicted octanol–water partition coefficient (Wildman–Crippen LogP) is 2.28. The number of nitrogens with zero attached hydrogens (tertiary/aromatic N) is 3. The average Bonchev–Trinajstić information content (AvgIpc) is 2.48. The number of rotatable bonds is 4. The summed E-state index contributed by atoms with van der Waals surface area (Å²) in [5.41, 5.74) is 2.97. The van der Waals surface area contributed by atoms with Gasteiger partial charge in [0.15, 0.2) is 5.82 Å². The minimum atomic E-state index is -0.972. The maximum atomic E-state index is 10.9. The first-order chi connectivity index (χ1) is 10.0. The standard InChI is InChI=1S/C15H14N4O2/c1-9-10(2)18-19-14(13(9)7-16)17-8-11-4-3-5-12(6-11)15(20)21/h3-6H,8H2,1-2H3,(H,17,19)(H,20,21). The second-order valence-corrected chi connectivity index (χ2v) is 4.60. The van der Waals surface area contributed by atoms with E-state index >= 15 is 0 Å². The van der Waals surface area contributed by atoms with E-state index in [1.807, 2.05) is 6.92 Å². The molecule has 0 saturated heterocycles. The van der Waals surface area contributed by atoms with Crippen molar-refractivity contribution in [3.8, 4) is 6.07 Å². The number of aromatic carboxylic acids is 1. The smallest absolute Gasteiger partial charge is 0.335 e. The van der Waals surface area contributed by atoms with Crippen molar-refractivity contribution >= 4 is 11.8 Å². The Morgan fingerprint density at radius 2 is 2.14 bits per heavy atom. The molecule has 6 nitrogen and oxygen atoms in total. The predicted molar refractivity (Wildman–Crippen MR) is 76.9 cm³/mol. The van der Waals surface area contributed by atoms with E-state index in [4.69, 9.17) is 5.11 Å². The normalized spacial score (nSPS) is 9.95. The molecule has 0 fully saturated rings. The molecule has 106 valence electrons. The second kappa shape index (κ2) is 6.01. The van der Waals surface area contributed by atoms with Crippen molar-refractivity contribution in [3.63, 3.8) is 0 Å². The number of nitrogens with one attached hydrogen (secondary N) is 1. The molecule has 6 heteroatoms. The van der Waals surface area contributed by atoms with Gasteiger partial charge in [-0.05, 0) is 37.1 Å². The van der Waals surface area contributed by atoms with Crippen molar-refractivity contribution in [2.24, 2.45) is 0 Å². The summed E-state index contributed by atoms with van der Waals surface area (Å²) < 4.78 is 0. The fourth-order valence-corrected chi connectivity index (χ4v) is 1.87. The van der Waals surface area contributed by atoms with E-state index < -0.39 is 5.97 Å². The van der Waals surface area contributed by atoms with Crippen LogP contribution in [0.3, 0.4) is 0 Å². The molecule has 0 atom stereocenters. The van der Waals surface area contributed by atoms with Crippen molar-refractivity contribution < 1.29 is 9.90 Å². The summed E-state index contributed by atoms with van der Waals surface area (Å²) in [7, 11) is 0. The number of carbonyl (C=O) groups is 1. The van der Waals surface area contributed by atoms with Gasteiger partial charge in [0.25, 0.3) is 0 Å². The Hall–Kier alpha value is -2.94. The maximum absolute atomic E-state index is 10.9. The van der Waals surface area contributed by atoms with Crippen LogP contribution in [0.5, 0.6) is 0 Å². The van der Waals surface area contributed by atoms with Gasteiger partial charge in [-0.25, -0.2) is 4.79 Å². The zero-order valence-corrected chi connectivity index (χ0v) is 11.7. The lowest BCUT2D eigenvalue weighted by Crippen LogP contribution is -2.08. The van der Waals surface area contributed by atoms with Crippen LogP contribution in [0.15, 0.2) is 24.3 Å². The molecule has 1 aromatic carbocycles. The van der Waals surface area contributed by atoms with Crippen molar-refractivity contribution in [1.82, 2.24) is 10.2 Å².